The molecule has 0 aliphatic carbocycles. The topological polar surface area (TPSA) is 46.3 Å². The largest absolute Gasteiger partial charge is 0.441 e. The minimum absolute atomic E-state index is 0.0489. The van der Waals surface area contributed by atoms with Crippen LogP contribution in [0.2, 0.25) is 0 Å². The number of nitrogens with zero attached hydrogens (tertiary/aromatic N) is 2. The number of piperidine rings is 1. The molecule has 1 aliphatic rings. The molecule has 1 fully saturated rings. The molecule has 0 bridgehead atoms. The van der Waals surface area contributed by atoms with Crippen molar-refractivity contribution < 1.29 is 22.4 Å². The van der Waals surface area contributed by atoms with Crippen LogP contribution in [0, 0.1) is 12.8 Å². The van der Waals surface area contributed by atoms with E-state index >= 15 is 0 Å². The summed E-state index contributed by atoms with van der Waals surface area (Å²) in [5.74, 6) is -0.863. The summed E-state index contributed by atoms with van der Waals surface area (Å²) in [6.07, 6.45) is -3.87. The smallest absolute Gasteiger partial charge is 0.393 e. The van der Waals surface area contributed by atoms with E-state index in [4.69, 9.17) is 4.42 Å². The molecule has 7 heteroatoms. The van der Waals surface area contributed by atoms with E-state index in [-0.39, 0.29) is 25.3 Å². The van der Waals surface area contributed by atoms with Gasteiger partial charge >= 0.3 is 6.18 Å². The zero-order valence-corrected chi connectivity index (χ0v) is 13.8. The van der Waals surface area contributed by atoms with E-state index in [2.05, 4.69) is 4.98 Å². The van der Waals surface area contributed by atoms with Gasteiger partial charge in [-0.25, -0.2) is 4.98 Å². The summed E-state index contributed by atoms with van der Waals surface area (Å²) in [4.78, 5) is 18.1. The van der Waals surface area contributed by atoms with Gasteiger partial charge in [-0.15, -0.1) is 0 Å². The third-order valence-corrected chi connectivity index (χ3v) is 4.47. The van der Waals surface area contributed by atoms with Gasteiger partial charge in [0.15, 0.2) is 0 Å². The molecule has 0 unspecified atom stereocenters. The normalized spacial score (nSPS) is 18.4. The van der Waals surface area contributed by atoms with E-state index in [0.29, 0.717) is 30.3 Å². The molecule has 1 amide bonds. The van der Waals surface area contributed by atoms with Crippen molar-refractivity contribution >= 4 is 5.91 Å². The molecule has 2 heterocycles. The Morgan fingerprint density at radius 1 is 1.32 bits per heavy atom. The van der Waals surface area contributed by atoms with Gasteiger partial charge in [0.2, 0.25) is 11.8 Å². The predicted molar refractivity (Wildman–Crippen MR) is 85.7 cm³/mol. The fourth-order valence-corrected chi connectivity index (χ4v) is 3.02. The Kier molecular flexibility index (Phi) is 4.83. The molecule has 1 atom stereocenters. The molecule has 25 heavy (non-hydrogen) atoms. The van der Waals surface area contributed by atoms with Crippen LogP contribution in [0.3, 0.4) is 0 Å². The average Bonchev–Trinajstić information content (AvgIpc) is 2.96. The first-order chi connectivity index (χ1) is 11.8. The number of hydrogen-bond donors (Lipinski definition) is 0. The van der Waals surface area contributed by atoms with Crippen LogP contribution in [0.5, 0.6) is 0 Å². The van der Waals surface area contributed by atoms with Gasteiger partial charge in [0.05, 0.1) is 18.0 Å². The Morgan fingerprint density at radius 2 is 2.04 bits per heavy atom. The monoisotopic (exact) mass is 352 g/mol. The number of amides is 1. The minimum Gasteiger partial charge on any atom is -0.441 e. The summed E-state index contributed by atoms with van der Waals surface area (Å²) in [5.41, 5.74) is 1.26. The fourth-order valence-electron chi connectivity index (χ4n) is 3.02. The second-order valence-corrected chi connectivity index (χ2v) is 6.29. The number of alkyl halides is 3. The van der Waals surface area contributed by atoms with Crippen LogP contribution in [0.15, 0.2) is 34.7 Å². The molecule has 1 aliphatic heterocycles. The van der Waals surface area contributed by atoms with E-state index in [1.165, 1.54) is 4.90 Å². The number of carbonyl (C=O) groups is 1. The third kappa shape index (κ3) is 4.03. The maximum atomic E-state index is 12.9. The van der Waals surface area contributed by atoms with Crippen molar-refractivity contribution in [1.82, 2.24) is 9.88 Å². The first-order valence-electron chi connectivity index (χ1n) is 8.21. The van der Waals surface area contributed by atoms with E-state index in [9.17, 15) is 18.0 Å². The molecule has 0 radical (unpaired) electrons. The minimum atomic E-state index is -4.26. The molecule has 4 nitrogen and oxygen atoms in total. The van der Waals surface area contributed by atoms with E-state index in [1.54, 1.807) is 6.92 Å². The Bertz CT molecular complexity index is 741. The number of halogens is 3. The Morgan fingerprint density at radius 3 is 2.72 bits per heavy atom. The van der Waals surface area contributed by atoms with Crippen LogP contribution in [-0.2, 0) is 11.2 Å². The van der Waals surface area contributed by atoms with Gasteiger partial charge in [0, 0.05) is 18.7 Å². The standard InChI is InChI=1S/C18H19F3N2O2/c1-12-15(22-17(25-12)13-6-3-2-4-7-13)10-16(24)23-9-5-8-14(11-23)18(19,20)21/h2-4,6-7,14H,5,8-11H2,1H3/t14-/m0/s1. The van der Waals surface area contributed by atoms with Gasteiger partial charge in [-0.2, -0.15) is 13.2 Å². The van der Waals surface area contributed by atoms with E-state index in [1.807, 2.05) is 30.3 Å². The van der Waals surface area contributed by atoms with Crippen molar-refractivity contribution in [3.8, 4) is 11.5 Å². The van der Waals surface area contributed by atoms with Crippen LogP contribution < -0.4 is 0 Å². The lowest BCUT2D eigenvalue weighted by Crippen LogP contribution is -2.45. The fraction of sp³-hybridized carbons (Fsp3) is 0.444. The number of aromatic nitrogens is 1. The quantitative estimate of drug-likeness (QED) is 0.839. The molecule has 1 aromatic heterocycles. The molecule has 1 aromatic carbocycles. The molecule has 0 saturated carbocycles. The van der Waals surface area contributed by atoms with Gasteiger partial charge in [0.25, 0.3) is 0 Å². The lowest BCUT2D eigenvalue weighted by molar-refractivity contribution is -0.187. The van der Waals surface area contributed by atoms with Crippen molar-refractivity contribution in [1.29, 1.82) is 0 Å². The lowest BCUT2D eigenvalue weighted by atomic mass is 9.97. The van der Waals surface area contributed by atoms with E-state index < -0.39 is 12.1 Å². The first-order valence-corrected chi connectivity index (χ1v) is 8.21. The molecular weight excluding hydrogens is 333 g/mol. The van der Waals surface area contributed by atoms with Gasteiger partial charge in [-0.1, -0.05) is 18.2 Å². The average molecular weight is 352 g/mol. The first kappa shape index (κ1) is 17.5. The third-order valence-electron chi connectivity index (χ3n) is 4.47. The highest BCUT2D eigenvalue weighted by atomic mass is 19.4. The number of likely N-dealkylation sites (tertiary alicyclic amines) is 1. The summed E-state index contributed by atoms with van der Waals surface area (Å²) >= 11 is 0. The molecule has 3 rings (SSSR count). The van der Waals surface area contributed by atoms with Crippen LogP contribution in [0.4, 0.5) is 13.2 Å². The summed E-state index contributed by atoms with van der Waals surface area (Å²) in [6, 6.07) is 9.26. The van der Waals surface area contributed by atoms with Gasteiger partial charge in [0.1, 0.15) is 5.76 Å². The Hall–Kier alpha value is -2.31. The molecule has 134 valence electrons. The Labute approximate surface area is 143 Å². The summed E-state index contributed by atoms with van der Waals surface area (Å²) < 4.78 is 44.3. The molecule has 1 saturated heterocycles. The van der Waals surface area contributed by atoms with Gasteiger partial charge < -0.3 is 9.32 Å². The van der Waals surface area contributed by atoms with Gasteiger partial charge in [-0.05, 0) is 31.9 Å². The highest BCUT2D eigenvalue weighted by Gasteiger charge is 2.42. The Balaban J connectivity index is 1.70. The zero-order valence-electron chi connectivity index (χ0n) is 13.8. The highest BCUT2D eigenvalue weighted by Crippen LogP contribution is 2.33. The SMILES string of the molecule is Cc1oc(-c2ccccc2)nc1CC(=O)N1CCC[C@H](C(F)(F)F)C1. The summed E-state index contributed by atoms with van der Waals surface area (Å²) in [5, 5.41) is 0. The second-order valence-electron chi connectivity index (χ2n) is 6.29. The van der Waals surface area contributed by atoms with Gasteiger partial charge in [-0.3, -0.25) is 4.79 Å². The van der Waals surface area contributed by atoms with Crippen LogP contribution in [-0.4, -0.2) is 35.1 Å². The van der Waals surface area contributed by atoms with Crippen LogP contribution >= 0.6 is 0 Å². The van der Waals surface area contributed by atoms with Crippen molar-refractivity contribution in [3.63, 3.8) is 0 Å². The number of hydrogen-bond acceptors (Lipinski definition) is 3. The summed E-state index contributed by atoms with van der Waals surface area (Å²) in [7, 11) is 0. The zero-order chi connectivity index (χ0) is 18.0. The van der Waals surface area contributed by atoms with E-state index in [0.717, 1.165) is 5.56 Å². The molecule has 0 N–H and O–H groups in total. The second kappa shape index (κ2) is 6.90. The molecule has 0 spiro atoms. The predicted octanol–water partition coefficient (Wildman–Crippen LogP) is 3.99. The number of carbonyl (C=O) groups excluding carboxylic acids is 1. The maximum Gasteiger partial charge on any atom is 0.393 e. The lowest BCUT2D eigenvalue weighted by Gasteiger charge is -2.33. The van der Waals surface area contributed by atoms with Crippen molar-refractivity contribution in [2.75, 3.05) is 13.1 Å². The number of oxazole rings is 1. The number of benzene rings is 1. The number of aryl methyl sites for hydroxylation is 1. The van der Waals surface area contributed by atoms with Crippen LogP contribution in [0.25, 0.3) is 11.5 Å². The van der Waals surface area contributed by atoms with Crippen molar-refractivity contribution in [2.24, 2.45) is 5.92 Å². The van der Waals surface area contributed by atoms with Crippen molar-refractivity contribution in [3.05, 3.63) is 41.8 Å². The molecular formula is C18H19F3N2O2. The number of rotatable bonds is 3. The van der Waals surface area contributed by atoms with Crippen LogP contribution in [0.1, 0.15) is 24.3 Å². The highest BCUT2D eigenvalue weighted by molar-refractivity contribution is 5.78. The molecule has 2 aromatic rings. The maximum absolute atomic E-state index is 12.9. The van der Waals surface area contributed by atoms with Crippen molar-refractivity contribution in [2.45, 2.75) is 32.4 Å². The summed E-state index contributed by atoms with van der Waals surface area (Å²) in [6.45, 7) is 1.79.